The Bertz CT molecular complexity index is 70.6. The first kappa shape index (κ1) is 15.8. The smallest absolute Gasteiger partial charge is 0.300 e. The Labute approximate surface area is 56.5 Å². The number of hydrogen-bond donors (Lipinski definition) is 1. The second kappa shape index (κ2) is 10.4. The van der Waals surface area contributed by atoms with E-state index in [4.69, 9.17) is 19.8 Å². The van der Waals surface area contributed by atoms with Gasteiger partial charge in [0, 0.05) is 12.9 Å². The standard InChI is InChI=1S/2C2H4O2.H3P/c2*1-2(3)4;/h2*1H3,(H,3,4);1H3. The summed E-state index contributed by atoms with van der Waals surface area (Å²) in [6.45, 7) is 2.06. The molecule has 0 bridgehead atoms. The van der Waals surface area contributed by atoms with E-state index in [-0.39, 0.29) is 9.90 Å². The molecule has 0 amide bonds. The van der Waals surface area contributed by atoms with Gasteiger partial charge in [0.15, 0.2) is 0 Å². The van der Waals surface area contributed by atoms with E-state index in [1.54, 1.807) is 0 Å². The van der Waals surface area contributed by atoms with Crippen molar-refractivity contribution in [1.82, 2.24) is 0 Å². The monoisotopic (exact) mass is 154 g/mol. The number of hydrogen-bond acceptors (Lipinski definition) is 3. The summed E-state index contributed by atoms with van der Waals surface area (Å²) < 4.78 is 0. The van der Waals surface area contributed by atoms with Gasteiger partial charge in [-0.05, 0) is 16.8 Å². The van der Waals surface area contributed by atoms with Crippen LogP contribution in [0.3, 0.4) is 0 Å². The van der Waals surface area contributed by atoms with E-state index in [2.05, 4.69) is 0 Å². The number of aliphatic carboxylic acids is 2. The minimum atomic E-state index is -1.08. The van der Waals surface area contributed by atoms with Gasteiger partial charge in [-0.2, -0.15) is 0 Å². The van der Waals surface area contributed by atoms with Gasteiger partial charge in [0.2, 0.25) is 0 Å². The molecule has 0 fully saturated rings. The van der Waals surface area contributed by atoms with Crippen molar-refractivity contribution in [3.63, 3.8) is 0 Å². The van der Waals surface area contributed by atoms with Gasteiger partial charge < -0.3 is 15.0 Å². The number of carbonyl (C=O) groups excluding carboxylic acids is 1. The highest BCUT2D eigenvalue weighted by Crippen LogP contribution is 1.42. The molecule has 1 N–H and O–H groups in total. The van der Waals surface area contributed by atoms with Gasteiger partial charge >= 0.3 is 0 Å². The largest absolute Gasteiger partial charge is 0.550 e. The maximum absolute atomic E-state index is 9.00. The number of carbonyl (C=O) groups is 2. The molecular formula is C4H11O4P. The van der Waals surface area contributed by atoms with E-state index in [1.807, 2.05) is 0 Å². The molecule has 0 aliphatic rings. The molecule has 0 aliphatic carbocycles. The van der Waals surface area contributed by atoms with Crippen LogP contribution in [-0.2, 0) is 9.59 Å². The molecule has 0 aromatic heterocycles. The zero-order chi connectivity index (χ0) is 7.15. The SMILES string of the molecule is CC(=O)O.CC(=O)[O-].[PH4+]. The zero-order valence-corrected chi connectivity index (χ0v) is 7.67. The molecule has 9 heavy (non-hydrogen) atoms. The van der Waals surface area contributed by atoms with Crippen LogP contribution in [0.15, 0.2) is 0 Å². The molecule has 1 unspecified atom stereocenters. The van der Waals surface area contributed by atoms with Crippen LogP contribution >= 0.6 is 9.90 Å². The number of rotatable bonds is 0. The summed E-state index contributed by atoms with van der Waals surface area (Å²) >= 11 is 0. The van der Waals surface area contributed by atoms with Gasteiger partial charge in [-0.3, -0.25) is 4.79 Å². The fourth-order valence-electron chi connectivity index (χ4n) is 0. The summed E-state index contributed by atoms with van der Waals surface area (Å²) in [5.41, 5.74) is 0. The van der Waals surface area contributed by atoms with Gasteiger partial charge in [-0.25, -0.2) is 0 Å². The molecule has 0 aliphatic heterocycles. The first-order valence-electron chi connectivity index (χ1n) is 1.84. The third-order valence-electron chi connectivity index (χ3n) is 0. The molecule has 0 saturated heterocycles. The van der Waals surface area contributed by atoms with Crippen LogP contribution in [0.25, 0.3) is 0 Å². The van der Waals surface area contributed by atoms with Crippen molar-refractivity contribution in [2.24, 2.45) is 0 Å². The van der Waals surface area contributed by atoms with Gasteiger partial charge in [0.25, 0.3) is 5.97 Å². The van der Waals surface area contributed by atoms with Crippen molar-refractivity contribution >= 4 is 21.8 Å². The molecule has 0 aromatic rings. The first-order valence-corrected chi connectivity index (χ1v) is 1.84. The highest BCUT2D eigenvalue weighted by atomic mass is 31.0. The minimum Gasteiger partial charge on any atom is -0.550 e. The van der Waals surface area contributed by atoms with E-state index in [9.17, 15) is 0 Å². The molecule has 0 rings (SSSR count). The lowest BCUT2D eigenvalue weighted by atomic mass is 10.9. The van der Waals surface area contributed by atoms with Crippen molar-refractivity contribution in [2.45, 2.75) is 13.8 Å². The highest BCUT2D eigenvalue weighted by molar-refractivity contribution is 6.92. The summed E-state index contributed by atoms with van der Waals surface area (Å²) in [6, 6.07) is 0. The molecule has 0 spiro atoms. The van der Waals surface area contributed by atoms with Crippen LogP contribution in [0.5, 0.6) is 0 Å². The fourth-order valence-corrected chi connectivity index (χ4v) is 0. The van der Waals surface area contributed by atoms with Crippen molar-refractivity contribution in [2.75, 3.05) is 0 Å². The van der Waals surface area contributed by atoms with Gasteiger partial charge in [0.1, 0.15) is 0 Å². The average Bonchev–Trinajstić information content (AvgIpc) is 1.25. The van der Waals surface area contributed by atoms with Gasteiger partial charge in [-0.15, -0.1) is 0 Å². The van der Waals surface area contributed by atoms with Crippen molar-refractivity contribution in [1.29, 1.82) is 0 Å². The summed E-state index contributed by atoms with van der Waals surface area (Å²) in [7, 11) is 0. The zero-order valence-electron chi connectivity index (χ0n) is 5.67. The van der Waals surface area contributed by atoms with Crippen LogP contribution in [0.4, 0.5) is 0 Å². The molecule has 5 heteroatoms. The minimum absolute atomic E-state index is 0. The Kier molecular flexibility index (Phi) is 18.2. The van der Waals surface area contributed by atoms with Crippen molar-refractivity contribution < 1.29 is 19.8 Å². The first-order chi connectivity index (χ1) is 3.46. The second-order valence-electron chi connectivity index (χ2n) is 1.01. The average molecular weight is 154 g/mol. The third-order valence-corrected chi connectivity index (χ3v) is 0. The summed E-state index contributed by atoms with van der Waals surface area (Å²) in [5.74, 6) is -1.92. The maximum Gasteiger partial charge on any atom is 0.300 e. The Morgan fingerprint density at radius 2 is 1.33 bits per heavy atom. The van der Waals surface area contributed by atoms with E-state index in [0.717, 1.165) is 13.8 Å². The highest BCUT2D eigenvalue weighted by Gasteiger charge is 1.65. The Morgan fingerprint density at radius 1 is 1.33 bits per heavy atom. The van der Waals surface area contributed by atoms with Crippen LogP contribution in [0.2, 0.25) is 0 Å². The topological polar surface area (TPSA) is 77.4 Å². The van der Waals surface area contributed by atoms with Crippen LogP contribution in [-0.4, -0.2) is 17.0 Å². The molecule has 4 nitrogen and oxygen atoms in total. The van der Waals surface area contributed by atoms with Crippen LogP contribution in [0, 0.1) is 0 Å². The predicted molar refractivity (Wildman–Crippen MR) is 36.5 cm³/mol. The van der Waals surface area contributed by atoms with E-state index < -0.39 is 11.9 Å². The lowest BCUT2D eigenvalue weighted by Gasteiger charge is -1.77. The molecule has 0 aromatic carbocycles. The van der Waals surface area contributed by atoms with Gasteiger partial charge in [0.05, 0.1) is 0 Å². The molecule has 56 valence electrons. The number of carboxylic acid groups (broad SMARTS) is 2. The molecule has 0 radical (unpaired) electrons. The normalized spacial score (nSPS) is 5.56. The fraction of sp³-hybridized carbons (Fsp3) is 0.500. The summed E-state index contributed by atoms with van der Waals surface area (Å²) in [4.78, 5) is 17.9. The van der Waals surface area contributed by atoms with Crippen LogP contribution in [0.1, 0.15) is 13.8 Å². The Morgan fingerprint density at radius 3 is 1.33 bits per heavy atom. The lowest BCUT2D eigenvalue weighted by molar-refractivity contribution is -0.302. The van der Waals surface area contributed by atoms with E-state index in [0.29, 0.717) is 0 Å². The van der Waals surface area contributed by atoms with E-state index in [1.165, 1.54) is 0 Å². The predicted octanol–water partition coefficient (Wildman–Crippen LogP) is -1.36. The second-order valence-corrected chi connectivity index (χ2v) is 1.01. The molecular weight excluding hydrogens is 143 g/mol. The third kappa shape index (κ3) is 535. The van der Waals surface area contributed by atoms with Crippen molar-refractivity contribution in [3.05, 3.63) is 0 Å². The quantitative estimate of drug-likeness (QED) is 0.437. The Balaban J connectivity index is -0.0000000720. The number of carboxylic acids is 2. The maximum atomic E-state index is 9.00. The molecule has 0 heterocycles. The van der Waals surface area contributed by atoms with Crippen molar-refractivity contribution in [3.8, 4) is 0 Å². The Hall–Kier alpha value is -0.630. The summed E-state index contributed by atoms with van der Waals surface area (Å²) in [6.07, 6.45) is 0. The summed E-state index contributed by atoms with van der Waals surface area (Å²) in [5, 5.41) is 16.3. The lowest BCUT2D eigenvalue weighted by Crippen LogP contribution is -2.16. The van der Waals surface area contributed by atoms with Crippen LogP contribution < -0.4 is 5.11 Å². The van der Waals surface area contributed by atoms with E-state index >= 15 is 0 Å². The molecule has 0 saturated carbocycles. The van der Waals surface area contributed by atoms with Gasteiger partial charge in [-0.1, -0.05) is 0 Å². The molecule has 1 atom stereocenters.